The first kappa shape index (κ1) is 15.5. The number of benzene rings is 1. The highest BCUT2D eigenvalue weighted by atomic mass is 79.9. The van der Waals surface area contributed by atoms with Crippen molar-refractivity contribution in [3.05, 3.63) is 23.8 Å². The van der Waals surface area contributed by atoms with Gasteiger partial charge in [0.15, 0.2) is 0 Å². The second-order valence-corrected chi connectivity index (χ2v) is 4.54. The second-order valence-electron chi connectivity index (χ2n) is 3.74. The molecule has 1 N–H and O–H groups in total. The number of methoxy groups -OCH3 is 2. The number of carbonyl (C=O) groups is 2. The van der Waals surface area contributed by atoms with E-state index in [9.17, 15) is 9.59 Å². The van der Waals surface area contributed by atoms with Crippen LogP contribution >= 0.6 is 15.9 Å². The van der Waals surface area contributed by atoms with Crippen LogP contribution < -0.4 is 10.1 Å². The van der Waals surface area contributed by atoms with Gasteiger partial charge in [0.25, 0.3) is 0 Å². The number of rotatable bonds is 6. The van der Waals surface area contributed by atoms with Crippen molar-refractivity contribution in [2.24, 2.45) is 0 Å². The number of carbonyl (C=O) groups excluding carboxylic acids is 2. The summed E-state index contributed by atoms with van der Waals surface area (Å²) < 4.78 is 9.73. The van der Waals surface area contributed by atoms with E-state index in [1.807, 2.05) is 0 Å². The molecule has 0 spiro atoms. The van der Waals surface area contributed by atoms with Crippen LogP contribution in [0.15, 0.2) is 18.2 Å². The highest BCUT2D eigenvalue weighted by Gasteiger charge is 2.15. The van der Waals surface area contributed by atoms with E-state index < -0.39 is 5.97 Å². The van der Waals surface area contributed by atoms with Crippen molar-refractivity contribution >= 4 is 33.5 Å². The molecule has 0 heterocycles. The fourth-order valence-corrected chi connectivity index (χ4v) is 1.76. The molecular weight excluding hydrogens is 314 g/mol. The molecule has 0 aromatic heterocycles. The van der Waals surface area contributed by atoms with Gasteiger partial charge in [0, 0.05) is 11.8 Å². The first-order chi connectivity index (χ1) is 9.12. The van der Waals surface area contributed by atoms with E-state index in [1.54, 1.807) is 12.1 Å². The molecule has 0 unspecified atom stereocenters. The molecule has 0 fully saturated rings. The quantitative estimate of drug-likeness (QED) is 0.643. The van der Waals surface area contributed by atoms with E-state index >= 15 is 0 Å². The fraction of sp³-hybridized carbons (Fsp3) is 0.385. The Hall–Kier alpha value is -1.56. The van der Waals surface area contributed by atoms with Crippen molar-refractivity contribution in [2.45, 2.75) is 12.8 Å². The largest absolute Gasteiger partial charge is 0.497 e. The molecule has 0 aliphatic heterocycles. The van der Waals surface area contributed by atoms with Crippen molar-refractivity contribution in [3.63, 3.8) is 0 Å². The molecule has 0 bridgehead atoms. The van der Waals surface area contributed by atoms with Crippen LogP contribution in [0.2, 0.25) is 0 Å². The molecule has 0 radical (unpaired) electrons. The number of ether oxygens (including phenoxy) is 2. The van der Waals surface area contributed by atoms with Gasteiger partial charge in [-0.2, -0.15) is 0 Å². The van der Waals surface area contributed by atoms with Crippen LogP contribution in [0.5, 0.6) is 5.75 Å². The standard InChI is InChI=1S/C13H16BrNO4/c1-18-9-5-6-11(10(8-9)13(17)19-2)15-12(16)4-3-7-14/h5-6,8H,3-4,7H2,1-2H3,(H,15,16). The minimum atomic E-state index is -0.519. The van der Waals surface area contributed by atoms with Crippen molar-refractivity contribution in [1.29, 1.82) is 0 Å². The first-order valence-electron chi connectivity index (χ1n) is 5.74. The second kappa shape index (κ2) is 7.78. The predicted molar refractivity (Wildman–Crippen MR) is 76.0 cm³/mol. The maximum atomic E-state index is 11.7. The lowest BCUT2D eigenvalue weighted by Gasteiger charge is -2.11. The molecule has 1 rings (SSSR count). The summed E-state index contributed by atoms with van der Waals surface area (Å²) in [6.07, 6.45) is 1.12. The Balaban J connectivity index is 2.92. The minimum Gasteiger partial charge on any atom is -0.497 e. The molecule has 5 nitrogen and oxygen atoms in total. The van der Waals surface area contributed by atoms with Gasteiger partial charge in [0.05, 0.1) is 25.5 Å². The summed E-state index contributed by atoms with van der Waals surface area (Å²) in [5, 5.41) is 3.45. The van der Waals surface area contributed by atoms with E-state index in [-0.39, 0.29) is 11.5 Å². The molecular formula is C13H16BrNO4. The Morgan fingerprint density at radius 2 is 2.05 bits per heavy atom. The molecule has 1 aromatic rings. The third kappa shape index (κ3) is 4.55. The van der Waals surface area contributed by atoms with Crippen molar-refractivity contribution in [1.82, 2.24) is 0 Å². The lowest BCUT2D eigenvalue weighted by molar-refractivity contribution is -0.116. The van der Waals surface area contributed by atoms with Crippen LogP contribution in [0, 0.1) is 0 Å². The Labute approximate surface area is 120 Å². The van der Waals surface area contributed by atoms with Gasteiger partial charge in [-0.3, -0.25) is 4.79 Å². The van der Waals surface area contributed by atoms with Crippen LogP contribution in [0.1, 0.15) is 23.2 Å². The SMILES string of the molecule is COC(=O)c1cc(OC)ccc1NC(=O)CCCBr. The van der Waals surface area contributed by atoms with Crippen molar-refractivity contribution in [2.75, 3.05) is 24.9 Å². The van der Waals surface area contributed by atoms with Crippen molar-refractivity contribution < 1.29 is 19.1 Å². The maximum absolute atomic E-state index is 11.7. The Kier molecular flexibility index (Phi) is 6.35. The first-order valence-corrected chi connectivity index (χ1v) is 6.86. The average Bonchev–Trinajstić information content (AvgIpc) is 2.44. The molecule has 19 heavy (non-hydrogen) atoms. The molecule has 6 heteroatoms. The van der Waals surface area contributed by atoms with Crippen LogP contribution in [0.3, 0.4) is 0 Å². The third-order valence-corrected chi connectivity index (χ3v) is 3.00. The van der Waals surface area contributed by atoms with E-state index in [2.05, 4.69) is 26.0 Å². The van der Waals surface area contributed by atoms with Gasteiger partial charge in [-0.15, -0.1) is 0 Å². The highest BCUT2D eigenvalue weighted by Crippen LogP contribution is 2.23. The number of alkyl halides is 1. The number of anilines is 1. The number of halogens is 1. The summed E-state index contributed by atoms with van der Waals surface area (Å²) in [4.78, 5) is 23.3. The van der Waals surface area contributed by atoms with Gasteiger partial charge >= 0.3 is 5.97 Å². The number of hydrogen-bond donors (Lipinski definition) is 1. The minimum absolute atomic E-state index is 0.144. The zero-order valence-electron chi connectivity index (χ0n) is 10.9. The van der Waals surface area contributed by atoms with E-state index in [0.717, 1.165) is 11.8 Å². The van der Waals surface area contributed by atoms with Crippen LogP contribution in [0.25, 0.3) is 0 Å². The maximum Gasteiger partial charge on any atom is 0.340 e. The monoisotopic (exact) mass is 329 g/mol. The lowest BCUT2D eigenvalue weighted by Crippen LogP contribution is -2.15. The molecule has 0 aliphatic carbocycles. The molecule has 0 saturated heterocycles. The molecule has 1 amide bonds. The summed E-state index contributed by atoms with van der Waals surface area (Å²) in [5.41, 5.74) is 0.696. The van der Waals surface area contributed by atoms with Gasteiger partial charge < -0.3 is 14.8 Å². The molecule has 0 aliphatic rings. The molecule has 104 valence electrons. The summed E-state index contributed by atoms with van der Waals surface area (Å²) in [7, 11) is 2.79. The van der Waals surface area contributed by atoms with E-state index in [0.29, 0.717) is 17.9 Å². The topological polar surface area (TPSA) is 64.6 Å². The van der Waals surface area contributed by atoms with E-state index in [1.165, 1.54) is 20.3 Å². The highest BCUT2D eigenvalue weighted by molar-refractivity contribution is 9.09. The Morgan fingerprint density at radius 3 is 2.63 bits per heavy atom. The number of nitrogens with one attached hydrogen (secondary N) is 1. The predicted octanol–water partition coefficient (Wildman–Crippen LogP) is 2.60. The lowest BCUT2D eigenvalue weighted by atomic mass is 10.1. The van der Waals surface area contributed by atoms with Crippen LogP contribution in [-0.4, -0.2) is 31.4 Å². The average molecular weight is 330 g/mol. The Morgan fingerprint density at radius 1 is 1.32 bits per heavy atom. The van der Waals surface area contributed by atoms with Gasteiger partial charge in [0.2, 0.25) is 5.91 Å². The van der Waals surface area contributed by atoms with Crippen LogP contribution in [-0.2, 0) is 9.53 Å². The van der Waals surface area contributed by atoms with Gasteiger partial charge in [0.1, 0.15) is 5.75 Å². The van der Waals surface area contributed by atoms with E-state index in [4.69, 9.17) is 4.74 Å². The summed E-state index contributed by atoms with van der Waals surface area (Å²) >= 11 is 3.26. The van der Waals surface area contributed by atoms with Crippen molar-refractivity contribution in [3.8, 4) is 5.75 Å². The number of amides is 1. The number of esters is 1. The zero-order chi connectivity index (χ0) is 14.3. The number of hydrogen-bond acceptors (Lipinski definition) is 4. The van der Waals surface area contributed by atoms with Crippen LogP contribution in [0.4, 0.5) is 5.69 Å². The molecule has 1 aromatic carbocycles. The zero-order valence-corrected chi connectivity index (χ0v) is 12.5. The third-order valence-electron chi connectivity index (χ3n) is 2.44. The summed E-state index contributed by atoms with van der Waals surface area (Å²) in [6.45, 7) is 0. The fourth-order valence-electron chi connectivity index (χ4n) is 1.48. The van der Waals surface area contributed by atoms with Gasteiger partial charge in [-0.1, -0.05) is 15.9 Å². The summed E-state index contributed by atoms with van der Waals surface area (Å²) in [5.74, 6) is -0.136. The van der Waals surface area contributed by atoms with Gasteiger partial charge in [-0.25, -0.2) is 4.79 Å². The normalized spacial score (nSPS) is 9.84. The molecule has 0 saturated carbocycles. The summed E-state index contributed by atoms with van der Waals surface area (Å²) in [6, 6.07) is 4.83. The smallest absolute Gasteiger partial charge is 0.340 e. The molecule has 0 atom stereocenters. The Bertz CT molecular complexity index is 462. The van der Waals surface area contributed by atoms with Gasteiger partial charge in [-0.05, 0) is 24.6 Å².